The molecule has 0 saturated carbocycles. The van der Waals surface area contributed by atoms with Gasteiger partial charge in [-0.05, 0) is 30.9 Å². The average molecular weight is 559 g/mol. The van der Waals surface area contributed by atoms with Crippen molar-refractivity contribution in [3.05, 3.63) is 23.8 Å². The van der Waals surface area contributed by atoms with E-state index in [1.807, 2.05) is 25.1 Å². The third-order valence-corrected chi connectivity index (χ3v) is 6.14. The van der Waals surface area contributed by atoms with Crippen LogP contribution >= 0.6 is 0 Å². The number of hydrogen-bond acceptors (Lipinski definition) is 10. The largest absolute Gasteiger partial charge is 0.491 e. The van der Waals surface area contributed by atoms with Gasteiger partial charge < -0.3 is 28.4 Å². The fraction of sp³-hybridized carbons (Fsp3) is 0.727. The summed E-state index contributed by atoms with van der Waals surface area (Å²) in [7, 11) is -7.90. The summed E-state index contributed by atoms with van der Waals surface area (Å²) in [5.74, 6) is 0.706. The molecule has 0 aromatic heterocycles. The zero-order valence-corrected chi connectivity index (χ0v) is 22.3. The van der Waals surface area contributed by atoms with Crippen LogP contribution in [0, 0.1) is 0 Å². The maximum absolute atomic E-state index is 10.6. The first kappa shape index (κ1) is 32.5. The molecule has 0 saturated heterocycles. The highest BCUT2D eigenvalue weighted by molar-refractivity contribution is 7.86. The number of rotatable bonds is 23. The second-order valence-corrected chi connectivity index (χ2v) is 10.7. The van der Waals surface area contributed by atoms with E-state index < -0.39 is 20.2 Å². The van der Waals surface area contributed by atoms with E-state index in [1.165, 1.54) is 0 Å². The van der Waals surface area contributed by atoms with E-state index >= 15 is 0 Å². The molecule has 0 spiro atoms. The lowest BCUT2D eigenvalue weighted by atomic mass is 10.1. The van der Waals surface area contributed by atoms with Crippen LogP contribution < -0.4 is 9.47 Å². The standard InChI is InChI=1S/C22H38O12S2/c1-2-20-5-6-21(33-15-13-31-11-9-29-7-3-17-35(23,24)25)19-22(20)34-16-14-32-12-10-30-8-4-18-36(26,27)28/h5-6,19H,2-4,7-18H2,1H3,(H,23,24,25)(H,26,27,28). The lowest BCUT2D eigenvalue weighted by Crippen LogP contribution is -2.13. The van der Waals surface area contributed by atoms with Crippen molar-refractivity contribution in [2.75, 3.05) is 77.6 Å². The third kappa shape index (κ3) is 18.7. The number of ether oxygens (including phenoxy) is 6. The SMILES string of the molecule is CCc1ccc(OCCOCCOCCCS(=O)(=O)O)cc1OCCOCCOCCCS(=O)(=O)O. The van der Waals surface area contributed by atoms with Gasteiger partial charge in [0.1, 0.15) is 24.7 Å². The molecule has 0 amide bonds. The van der Waals surface area contributed by atoms with Gasteiger partial charge in [0.2, 0.25) is 0 Å². The van der Waals surface area contributed by atoms with E-state index in [4.69, 9.17) is 37.5 Å². The van der Waals surface area contributed by atoms with Gasteiger partial charge in [-0.2, -0.15) is 16.8 Å². The second-order valence-electron chi connectivity index (χ2n) is 7.55. The summed E-state index contributed by atoms with van der Waals surface area (Å²) in [6.07, 6.45) is 1.24. The van der Waals surface area contributed by atoms with Crippen LogP contribution in [0.2, 0.25) is 0 Å². The highest BCUT2D eigenvalue weighted by atomic mass is 32.2. The summed E-state index contributed by atoms with van der Waals surface area (Å²) in [6, 6.07) is 5.61. The van der Waals surface area contributed by atoms with Crippen LogP contribution in [0.15, 0.2) is 18.2 Å². The topological polar surface area (TPSA) is 164 Å². The smallest absolute Gasteiger partial charge is 0.264 e. The first-order valence-corrected chi connectivity index (χ1v) is 14.9. The molecule has 14 heteroatoms. The van der Waals surface area contributed by atoms with Gasteiger partial charge >= 0.3 is 0 Å². The van der Waals surface area contributed by atoms with Crippen molar-refractivity contribution in [3.8, 4) is 11.5 Å². The molecule has 0 aliphatic carbocycles. The zero-order valence-electron chi connectivity index (χ0n) is 20.6. The predicted molar refractivity (Wildman–Crippen MR) is 132 cm³/mol. The monoisotopic (exact) mass is 558 g/mol. The van der Waals surface area contributed by atoms with Crippen LogP contribution in [0.5, 0.6) is 11.5 Å². The molecule has 12 nitrogen and oxygen atoms in total. The number of aryl methyl sites for hydroxylation is 1. The lowest BCUT2D eigenvalue weighted by Gasteiger charge is -2.13. The van der Waals surface area contributed by atoms with Gasteiger partial charge in [0.05, 0.1) is 51.1 Å². The van der Waals surface area contributed by atoms with E-state index in [-0.39, 0.29) is 37.6 Å². The van der Waals surface area contributed by atoms with Crippen molar-refractivity contribution in [1.29, 1.82) is 0 Å². The highest BCUT2D eigenvalue weighted by Gasteiger charge is 2.06. The number of hydrogen-bond donors (Lipinski definition) is 2. The van der Waals surface area contributed by atoms with Crippen LogP contribution in [0.4, 0.5) is 0 Å². The predicted octanol–water partition coefficient (Wildman–Crippen LogP) is 1.63. The molecule has 0 heterocycles. The summed E-state index contributed by atoms with van der Waals surface area (Å²) >= 11 is 0. The van der Waals surface area contributed by atoms with Crippen molar-refractivity contribution < 1.29 is 54.4 Å². The molecular formula is C22H38O12S2. The van der Waals surface area contributed by atoms with Crippen molar-refractivity contribution in [1.82, 2.24) is 0 Å². The molecule has 0 radical (unpaired) electrons. The summed E-state index contributed by atoms with van der Waals surface area (Å²) in [5, 5.41) is 0. The second kappa shape index (κ2) is 18.7. The molecule has 1 aromatic rings. The molecule has 1 rings (SSSR count). The van der Waals surface area contributed by atoms with Gasteiger partial charge in [0.25, 0.3) is 20.2 Å². The van der Waals surface area contributed by atoms with Crippen molar-refractivity contribution in [3.63, 3.8) is 0 Å². The van der Waals surface area contributed by atoms with Crippen molar-refractivity contribution in [2.24, 2.45) is 0 Å². The van der Waals surface area contributed by atoms with Gasteiger partial charge in [-0.1, -0.05) is 13.0 Å². The van der Waals surface area contributed by atoms with Crippen molar-refractivity contribution >= 4 is 20.2 Å². The number of benzene rings is 1. The molecule has 0 atom stereocenters. The van der Waals surface area contributed by atoms with Crippen molar-refractivity contribution in [2.45, 2.75) is 26.2 Å². The first-order chi connectivity index (χ1) is 17.1. The van der Waals surface area contributed by atoms with E-state index in [2.05, 4.69) is 0 Å². The molecular weight excluding hydrogens is 520 g/mol. The Hall–Kier alpha value is -1.52. The fourth-order valence-electron chi connectivity index (χ4n) is 2.81. The maximum atomic E-state index is 10.6. The summed E-state index contributed by atoms with van der Waals surface area (Å²) in [6.45, 7) is 5.18. The van der Waals surface area contributed by atoms with E-state index in [1.54, 1.807) is 0 Å². The minimum absolute atomic E-state index is 0.225. The Labute approximate surface area is 213 Å². The van der Waals surface area contributed by atoms with Gasteiger partial charge in [-0.3, -0.25) is 9.11 Å². The Morgan fingerprint density at radius 1 is 0.639 bits per heavy atom. The highest BCUT2D eigenvalue weighted by Crippen LogP contribution is 2.25. The summed E-state index contributed by atoms with van der Waals surface area (Å²) in [5.41, 5.74) is 1.03. The fourth-order valence-corrected chi connectivity index (χ4v) is 3.78. The summed E-state index contributed by atoms with van der Waals surface area (Å²) < 4.78 is 92.5. The Kier molecular flexibility index (Phi) is 16.9. The molecule has 1 aromatic carbocycles. The minimum Gasteiger partial charge on any atom is -0.491 e. The van der Waals surface area contributed by atoms with Crippen LogP contribution in [0.25, 0.3) is 0 Å². The summed E-state index contributed by atoms with van der Waals surface area (Å²) in [4.78, 5) is 0. The lowest BCUT2D eigenvalue weighted by molar-refractivity contribution is 0.0357. The molecule has 0 bridgehead atoms. The van der Waals surface area contributed by atoms with Gasteiger partial charge in [-0.15, -0.1) is 0 Å². The first-order valence-electron chi connectivity index (χ1n) is 11.7. The third-order valence-electron chi connectivity index (χ3n) is 4.53. The normalized spacial score (nSPS) is 12.1. The van der Waals surface area contributed by atoms with Crippen LogP contribution in [0.3, 0.4) is 0 Å². The average Bonchev–Trinajstić information content (AvgIpc) is 2.80. The van der Waals surface area contributed by atoms with E-state index in [0.717, 1.165) is 12.0 Å². The molecule has 0 fully saturated rings. The Morgan fingerprint density at radius 3 is 1.56 bits per heavy atom. The van der Waals surface area contributed by atoms with Crippen LogP contribution in [-0.4, -0.2) is 104 Å². The van der Waals surface area contributed by atoms with Gasteiger partial charge in [0, 0.05) is 19.3 Å². The Morgan fingerprint density at radius 2 is 1.08 bits per heavy atom. The molecule has 0 aliphatic heterocycles. The molecule has 36 heavy (non-hydrogen) atoms. The Bertz CT molecular complexity index is 919. The molecule has 210 valence electrons. The molecule has 0 unspecified atom stereocenters. The zero-order chi connectivity index (χ0) is 26.7. The van der Waals surface area contributed by atoms with E-state index in [0.29, 0.717) is 64.4 Å². The Balaban J connectivity index is 2.14. The van der Waals surface area contributed by atoms with Gasteiger partial charge in [0.15, 0.2) is 0 Å². The molecule has 0 aliphatic rings. The van der Waals surface area contributed by atoms with Crippen LogP contribution in [-0.2, 0) is 45.6 Å². The minimum atomic E-state index is -3.95. The maximum Gasteiger partial charge on any atom is 0.264 e. The molecule has 2 N–H and O–H groups in total. The van der Waals surface area contributed by atoms with Gasteiger partial charge in [-0.25, -0.2) is 0 Å². The van der Waals surface area contributed by atoms with Crippen LogP contribution in [0.1, 0.15) is 25.3 Å². The quantitative estimate of drug-likeness (QED) is 0.148. The van der Waals surface area contributed by atoms with E-state index in [9.17, 15) is 16.8 Å².